The van der Waals surface area contributed by atoms with Crippen LogP contribution in [0.25, 0.3) is 0 Å². The summed E-state index contributed by atoms with van der Waals surface area (Å²) in [5.74, 6) is 1.46. The van der Waals surface area contributed by atoms with Gasteiger partial charge in [0.25, 0.3) is 0 Å². The van der Waals surface area contributed by atoms with E-state index in [9.17, 15) is 4.79 Å². The molecule has 5 nitrogen and oxygen atoms in total. The van der Waals surface area contributed by atoms with E-state index in [0.717, 1.165) is 12.3 Å². The van der Waals surface area contributed by atoms with Crippen LogP contribution in [0, 0.1) is 17.2 Å². The van der Waals surface area contributed by atoms with E-state index in [2.05, 4.69) is 11.1 Å². The molecule has 0 unspecified atom stereocenters. The largest absolute Gasteiger partial charge is 0.471 e. The van der Waals surface area contributed by atoms with Crippen molar-refractivity contribution in [3.8, 4) is 11.9 Å². The third-order valence-electron chi connectivity index (χ3n) is 4.84. The molecule has 1 saturated heterocycles. The molecule has 0 atom stereocenters. The van der Waals surface area contributed by atoms with Crippen LogP contribution in [-0.4, -0.2) is 35.0 Å². The molecule has 122 valence electrons. The van der Waals surface area contributed by atoms with E-state index in [4.69, 9.17) is 10.00 Å². The van der Waals surface area contributed by atoms with Crippen molar-refractivity contribution in [2.45, 2.75) is 51.0 Å². The summed E-state index contributed by atoms with van der Waals surface area (Å²) in [6, 6.07) is 5.35. The molecule has 0 radical (unpaired) electrons. The summed E-state index contributed by atoms with van der Waals surface area (Å²) >= 11 is 0. The van der Waals surface area contributed by atoms with Crippen molar-refractivity contribution in [3.05, 3.63) is 23.9 Å². The number of amides is 1. The van der Waals surface area contributed by atoms with Crippen molar-refractivity contribution in [1.82, 2.24) is 9.88 Å². The van der Waals surface area contributed by atoms with Gasteiger partial charge in [-0.15, -0.1) is 0 Å². The molecule has 1 aliphatic carbocycles. The van der Waals surface area contributed by atoms with Crippen LogP contribution in [-0.2, 0) is 4.79 Å². The molecule has 2 heterocycles. The van der Waals surface area contributed by atoms with E-state index in [0.29, 0.717) is 31.0 Å². The van der Waals surface area contributed by atoms with E-state index in [1.54, 1.807) is 18.3 Å². The summed E-state index contributed by atoms with van der Waals surface area (Å²) in [6.45, 7) is 1.25. The van der Waals surface area contributed by atoms with Gasteiger partial charge >= 0.3 is 0 Å². The van der Waals surface area contributed by atoms with E-state index >= 15 is 0 Å². The lowest BCUT2D eigenvalue weighted by molar-refractivity contribution is -0.140. The maximum Gasteiger partial charge on any atom is 0.222 e. The highest BCUT2D eigenvalue weighted by atomic mass is 16.5. The maximum absolute atomic E-state index is 12.2. The highest BCUT2D eigenvalue weighted by Gasteiger charge is 2.32. The van der Waals surface area contributed by atoms with Gasteiger partial charge in [0.1, 0.15) is 6.10 Å². The average Bonchev–Trinajstić information content (AvgIpc) is 2.56. The van der Waals surface area contributed by atoms with Gasteiger partial charge in [0.2, 0.25) is 11.8 Å². The van der Waals surface area contributed by atoms with Crippen molar-refractivity contribution in [3.63, 3.8) is 0 Å². The maximum atomic E-state index is 12.2. The van der Waals surface area contributed by atoms with Gasteiger partial charge in [-0.05, 0) is 18.4 Å². The van der Waals surface area contributed by atoms with Crippen LogP contribution in [0.1, 0.15) is 50.5 Å². The highest BCUT2D eigenvalue weighted by molar-refractivity contribution is 5.77. The monoisotopic (exact) mass is 313 g/mol. The van der Waals surface area contributed by atoms with Crippen LogP contribution in [0.4, 0.5) is 0 Å². The topological polar surface area (TPSA) is 66.2 Å². The minimum absolute atomic E-state index is 0.00456. The Balaban J connectivity index is 1.38. The number of aromatic nitrogens is 1. The summed E-state index contributed by atoms with van der Waals surface area (Å²) in [5.41, 5.74) is 0.537. The number of rotatable bonds is 5. The second-order valence-corrected chi connectivity index (χ2v) is 6.58. The Morgan fingerprint density at radius 1 is 1.35 bits per heavy atom. The van der Waals surface area contributed by atoms with Gasteiger partial charge in [-0.1, -0.05) is 32.1 Å². The number of nitriles is 1. The SMILES string of the molecule is N#Cc1ccnc(OC2CN(C(=O)CCC3CCCCC3)C2)c1. The fourth-order valence-electron chi connectivity index (χ4n) is 3.39. The molecule has 2 fully saturated rings. The number of carbonyl (C=O) groups excluding carboxylic acids is 1. The first kappa shape index (κ1) is 15.8. The normalized spacial score (nSPS) is 19.0. The Kier molecular flexibility index (Phi) is 5.12. The average molecular weight is 313 g/mol. The summed E-state index contributed by atoms with van der Waals surface area (Å²) < 4.78 is 5.71. The molecular formula is C18H23N3O2. The smallest absolute Gasteiger partial charge is 0.222 e. The van der Waals surface area contributed by atoms with Gasteiger partial charge in [0.15, 0.2) is 0 Å². The molecule has 1 saturated carbocycles. The molecule has 0 aromatic carbocycles. The van der Waals surface area contributed by atoms with Gasteiger partial charge < -0.3 is 9.64 Å². The van der Waals surface area contributed by atoms with Crippen LogP contribution < -0.4 is 4.74 Å². The number of nitrogens with zero attached hydrogens (tertiary/aromatic N) is 3. The lowest BCUT2D eigenvalue weighted by Crippen LogP contribution is -2.56. The first-order valence-electron chi connectivity index (χ1n) is 8.55. The molecule has 3 rings (SSSR count). The quantitative estimate of drug-likeness (QED) is 0.838. The molecule has 1 amide bonds. The second kappa shape index (κ2) is 7.45. The fourth-order valence-corrected chi connectivity index (χ4v) is 3.39. The summed E-state index contributed by atoms with van der Waals surface area (Å²) in [5, 5.41) is 8.86. The van der Waals surface area contributed by atoms with Crippen molar-refractivity contribution in [1.29, 1.82) is 5.26 Å². The Labute approximate surface area is 137 Å². The molecule has 5 heteroatoms. The standard InChI is InChI=1S/C18H23N3O2/c19-11-15-8-9-20-17(10-15)23-16-12-21(13-16)18(22)7-6-14-4-2-1-3-5-14/h8-10,14,16H,1-7,12-13H2. The van der Waals surface area contributed by atoms with Crippen LogP contribution in [0.2, 0.25) is 0 Å². The van der Waals surface area contributed by atoms with Gasteiger partial charge in [0, 0.05) is 18.7 Å². The molecule has 23 heavy (non-hydrogen) atoms. The van der Waals surface area contributed by atoms with Crippen molar-refractivity contribution in [2.24, 2.45) is 5.92 Å². The Morgan fingerprint density at radius 3 is 2.87 bits per heavy atom. The molecule has 0 bridgehead atoms. The molecular weight excluding hydrogens is 290 g/mol. The molecule has 1 aromatic rings. The zero-order valence-corrected chi connectivity index (χ0v) is 13.4. The van der Waals surface area contributed by atoms with E-state index in [1.807, 2.05) is 4.90 Å². The number of carbonyl (C=O) groups is 1. The van der Waals surface area contributed by atoms with Crippen LogP contribution in [0.3, 0.4) is 0 Å². The van der Waals surface area contributed by atoms with Crippen LogP contribution in [0.15, 0.2) is 18.3 Å². The molecule has 1 aromatic heterocycles. The zero-order valence-electron chi connectivity index (χ0n) is 13.4. The number of hydrogen-bond acceptors (Lipinski definition) is 4. The Morgan fingerprint density at radius 2 is 2.13 bits per heavy atom. The van der Waals surface area contributed by atoms with Crippen LogP contribution >= 0.6 is 0 Å². The first-order chi connectivity index (χ1) is 11.2. The fraction of sp³-hybridized carbons (Fsp3) is 0.611. The predicted molar refractivity (Wildman–Crippen MR) is 85.8 cm³/mol. The minimum atomic E-state index is -0.00456. The van der Waals surface area contributed by atoms with Gasteiger partial charge in [-0.3, -0.25) is 4.79 Å². The number of likely N-dealkylation sites (tertiary alicyclic amines) is 1. The molecule has 0 N–H and O–H groups in total. The first-order valence-corrected chi connectivity index (χ1v) is 8.55. The van der Waals surface area contributed by atoms with Gasteiger partial charge in [-0.25, -0.2) is 4.98 Å². The summed E-state index contributed by atoms with van der Waals surface area (Å²) in [7, 11) is 0. The van der Waals surface area contributed by atoms with Crippen molar-refractivity contribution in [2.75, 3.05) is 13.1 Å². The number of pyridine rings is 1. The predicted octanol–water partition coefficient (Wildman–Crippen LogP) is 2.90. The van der Waals surface area contributed by atoms with E-state index < -0.39 is 0 Å². The number of hydrogen-bond donors (Lipinski definition) is 0. The lowest BCUT2D eigenvalue weighted by Gasteiger charge is -2.39. The lowest BCUT2D eigenvalue weighted by atomic mass is 9.86. The van der Waals surface area contributed by atoms with Gasteiger partial charge in [-0.2, -0.15) is 5.26 Å². The number of ether oxygens (including phenoxy) is 1. The minimum Gasteiger partial charge on any atom is -0.471 e. The zero-order chi connectivity index (χ0) is 16.1. The summed E-state index contributed by atoms with van der Waals surface area (Å²) in [4.78, 5) is 18.1. The van der Waals surface area contributed by atoms with Crippen molar-refractivity contribution < 1.29 is 9.53 Å². The molecule has 2 aliphatic rings. The van der Waals surface area contributed by atoms with Crippen LogP contribution in [0.5, 0.6) is 5.88 Å². The summed E-state index contributed by atoms with van der Waals surface area (Å²) in [6.07, 6.45) is 9.86. The van der Waals surface area contributed by atoms with E-state index in [-0.39, 0.29) is 12.0 Å². The Bertz CT molecular complexity index is 584. The molecule has 1 aliphatic heterocycles. The van der Waals surface area contributed by atoms with Crippen molar-refractivity contribution >= 4 is 5.91 Å². The third-order valence-corrected chi connectivity index (χ3v) is 4.84. The second-order valence-electron chi connectivity index (χ2n) is 6.58. The van der Waals surface area contributed by atoms with E-state index in [1.165, 1.54) is 32.1 Å². The molecule has 0 spiro atoms. The van der Waals surface area contributed by atoms with Gasteiger partial charge in [0.05, 0.1) is 24.7 Å². The third kappa shape index (κ3) is 4.22. The Hall–Kier alpha value is -2.09. The highest BCUT2D eigenvalue weighted by Crippen LogP contribution is 2.28.